The van der Waals surface area contributed by atoms with Crippen LogP contribution in [0.25, 0.3) is 0 Å². The average molecular weight is 178 g/mol. The molecular formula is C7H15O3P. The average Bonchev–Trinajstić information content (AvgIpc) is 1.87. The Bertz CT molecular complexity index is 182. The van der Waals surface area contributed by atoms with Gasteiger partial charge in [0, 0.05) is 13.8 Å². The smallest absolute Gasteiger partial charge is 0.312 e. The van der Waals surface area contributed by atoms with E-state index in [1.807, 2.05) is 19.9 Å². The molecule has 0 rings (SSSR count). The molecule has 0 amide bonds. The van der Waals surface area contributed by atoms with Crippen LogP contribution in [-0.2, 0) is 13.6 Å². The van der Waals surface area contributed by atoms with Gasteiger partial charge in [-0.2, -0.15) is 0 Å². The standard InChI is InChI=1S/C7H15O3P/c1-7(2)5-6-10-11(4,8)9-3/h5H,6H2,1-4H3. The normalized spacial score (nSPS) is 15.6. The highest BCUT2D eigenvalue weighted by atomic mass is 31.2. The molecule has 0 radical (unpaired) electrons. The van der Waals surface area contributed by atoms with Crippen LogP contribution >= 0.6 is 7.60 Å². The summed E-state index contributed by atoms with van der Waals surface area (Å²) < 4.78 is 20.7. The van der Waals surface area contributed by atoms with Crippen LogP contribution in [0.4, 0.5) is 0 Å². The Kier molecular flexibility index (Phi) is 4.66. The fourth-order valence-corrected chi connectivity index (χ4v) is 0.843. The Morgan fingerprint density at radius 2 is 2.09 bits per heavy atom. The lowest BCUT2D eigenvalue weighted by Crippen LogP contribution is -1.90. The molecule has 0 aliphatic heterocycles. The van der Waals surface area contributed by atoms with Crippen LogP contribution in [0.3, 0.4) is 0 Å². The zero-order valence-electron chi connectivity index (χ0n) is 7.46. The molecule has 0 N–H and O–H groups in total. The van der Waals surface area contributed by atoms with E-state index < -0.39 is 7.60 Å². The van der Waals surface area contributed by atoms with Crippen molar-refractivity contribution in [1.82, 2.24) is 0 Å². The van der Waals surface area contributed by atoms with Gasteiger partial charge in [0.25, 0.3) is 0 Å². The number of allylic oxidation sites excluding steroid dienone is 1. The molecule has 0 bridgehead atoms. The molecule has 1 unspecified atom stereocenters. The van der Waals surface area contributed by atoms with Gasteiger partial charge in [-0.15, -0.1) is 0 Å². The van der Waals surface area contributed by atoms with E-state index in [0.29, 0.717) is 6.61 Å². The monoisotopic (exact) mass is 178 g/mol. The Labute approximate surface area is 67.9 Å². The summed E-state index contributed by atoms with van der Waals surface area (Å²) in [4.78, 5) is 0. The summed E-state index contributed by atoms with van der Waals surface area (Å²) in [6.07, 6.45) is 1.86. The van der Waals surface area contributed by atoms with Gasteiger partial charge in [0.1, 0.15) is 0 Å². The minimum atomic E-state index is -2.77. The van der Waals surface area contributed by atoms with Gasteiger partial charge >= 0.3 is 7.60 Å². The molecule has 0 aromatic carbocycles. The summed E-state index contributed by atoms with van der Waals surface area (Å²) in [5.74, 6) is 0. The van der Waals surface area contributed by atoms with Gasteiger partial charge in [0.05, 0.1) is 6.61 Å². The van der Waals surface area contributed by atoms with Crippen molar-refractivity contribution < 1.29 is 13.6 Å². The predicted molar refractivity (Wildman–Crippen MR) is 45.9 cm³/mol. The van der Waals surface area contributed by atoms with Crippen LogP contribution < -0.4 is 0 Å². The molecule has 4 heteroatoms. The second-order valence-electron chi connectivity index (χ2n) is 2.53. The molecule has 0 fully saturated rings. The molecule has 0 heterocycles. The first-order chi connectivity index (χ1) is 4.98. The van der Waals surface area contributed by atoms with Crippen molar-refractivity contribution in [3.8, 4) is 0 Å². The second-order valence-corrected chi connectivity index (χ2v) is 4.70. The molecule has 0 saturated heterocycles. The molecule has 0 aromatic rings. The summed E-state index contributed by atoms with van der Waals surface area (Å²) >= 11 is 0. The summed E-state index contributed by atoms with van der Waals surface area (Å²) in [5, 5.41) is 0. The van der Waals surface area contributed by atoms with E-state index in [4.69, 9.17) is 4.52 Å². The minimum absolute atomic E-state index is 0.351. The van der Waals surface area contributed by atoms with Gasteiger partial charge in [0.2, 0.25) is 0 Å². The molecule has 3 nitrogen and oxygen atoms in total. The largest absolute Gasteiger partial charge is 0.327 e. The molecular weight excluding hydrogens is 163 g/mol. The van der Waals surface area contributed by atoms with Gasteiger partial charge in [-0.1, -0.05) is 11.6 Å². The third-order valence-electron chi connectivity index (χ3n) is 1.13. The molecule has 11 heavy (non-hydrogen) atoms. The summed E-state index contributed by atoms with van der Waals surface area (Å²) in [5.41, 5.74) is 1.14. The SMILES string of the molecule is COP(C)(=O)OCC=C(C)C. The van der Waals surface area contributed by atoms with Crippen LogP contribution in [0.1, 0.15) is 13.8 Å². The van der Waals surface area contributed by atoms with Crippen molar-refractivity contribution >= 4 is 7.60 Å². The lowest BCUT2D eigenvalue weighted by Gasteiger charge is -2.08. The third-order valence-corrected chi connectivity index (χ3v) is 2.41. The Balaban J connectivity index is 3.72. The van der Waals surface area contributed by atoms with E-state index in [-0.39, 0.29) is 0 Å². The van der Waals surface area contributed by atoms with E-state index >= 15 is 0 Å². The fourth-order valence-electron chi connectivity index (χ4n) is 0.392. The molecule has 0 spiro atoms. The predicted octanol–water partition coefficient (Wildman–Crippen LogP) is 2.44. The van der Waals surface area contributed by atoms with E-state index in [1.165, 1.54) is 13.8 Å². The van der Waals surface area contributed by atoms with Crippen molar-refractivity contribution in [2.45, 2.75) is 13.8 Å². The maximum atomic E-state index is 11.1. The van der Waals surface area contributed by atoms with Crippen molar-refractivity contribution in [3.63, 3.8) is 0 Å². The molecule has 0 aromatic heterocycles. The minimum Gasteiger partial charge on any atom is -0.312 e. The van der Waals surface area contributed by atoms with Crippen molar-refractivity contribution in [3.05, 3.63) is 11.6 Å². The lowest BCUT2D eigenvalue weighted by molar-refractivity contribution is 0.260. The van der Waals surface area contributed by atoms with Crippen LogP contribution in [0.15, 0.2) is 11.6 Å². The Morgan fingerprint density at radius 1 is 1.55 bits per heavy atom. The highest BCUT2D eigenvalue weighted by Crippen LogP contribution is 2.42. The van der Waals surface area contributed by atoms with Crippen LogP contribution in [0.5, 0.6) is 0 Å². The van der Waals surface area contributed by atoms with E-state index in [1.54, 1.807) is 0 Å². The Hall–Kier alpha value is -0.110. The van der Waals surface area contributed by atoms with Gasteiger partial charge in [-0.05, 0) is 13.8 Å². The fraction of sp³-hybridized carbons (Fsp3) is 0.714. The topological polar surface area (TPSA) is 35.5 Å². The molecule has 1 atom stereocenters. The third kappa shape index (κ3) is 6.29. The van der Waals surface area contributed by atoms with E-state index in [9.17, 15) is 4.57 Å². The summed E-state index contributed by atoms with van der Waals surface area (Å²) in [6.45, 7) is 5.71. The molecule has 0 aliphatic carbocycles. The molecule has 0 saturated carbocycles. The zero-order valence-corrected chi connectivity index (χ0v) is 8.35. The van der Waals surface area contributed by atoms with Crippen LogP contribution in [-0.4, -0.2) is 20.4 Å². The molecule has 66 valence electrons. The van der Waals surface area contributed by atoms with Gasteiger partial charge < -0.3 is 9.05 Å². The zero-order chi connectivity index (χ0) is 8.91. The summed E-state index contributed by atoms with van der Waals surface area (Å²) in [7, 11) is -1.40. The lowest BCUT2D eigenvalue weighted by atomic mass is 10.3. The highest BCUT2D eigenvalue weighted by molar-refractivity contribution is 7.52. The Morgan fingerprint density at radius 3 is 2.45 bits per heavy atom. The number of hydrogen-bond donors (Lipinski definition) is 0. The summed E-state index contributed by atoms with van der Waals surface area (Å²) in [6, 6.07) is 0. The first-order valence-electron chi connectivity index (χ1n) is 3.39. The quantitative estimate of drug-likeness (QED) is 0.490. The van der Waals surface area contributed by atoms with Gasteiger partial charge in [-0.25, -0.2) is 0 Å². The number of hydrogen-bond acceptors (Lipinski definition) is 3. The maximum Gasteiger partial charge on any atom is 0.327 e. The number of rotatable bonds is 4. The van der Waals surface area contributed by atoms with Gasteiger partial charge in [0.15, 0.2) is 0 Å². The van der Waals surface area contributed by atoms with Crippen LogP contribution in [0.2, 0.25) is 0 Å². The van der Waals surface area contributed by atoms with E-state index in [2.05, 4.69) is 4.52 Å². The van der Waals surface area contributed by atoms with Gasteiger partial charge in [-0.3, -0.25) is 4.57 Å². The van der Waals surface area contributed by atoms with Crippen molar-refractivity contribution in [2.24, 2.45) is 0 Å². The van der Waals surface area contributed by atoms with Crippen LogP contribution in [0, 0.1) is 0 Å². The highest BCUT2D eigenvalue weighted by Gasteiger charge is 2.12. The van der Waals surface area contributed by atoms with Crippen molar-refractivity contribution in [1.29, 1.82) is 0 Å². The van der Waals surface area contributed by atoms with E-state index in [0.717, 1.165) is 5.57 Å². The maximum absolute atomic E-state index is 11.1. The first kappa shape index (κ1) is 10.9. The van der Waals surface area contributed by atoms with Crippen molar-refractivity contribution in [2.75, 3.05) is 20.4 Å². The molecule has 0 aliphatic rings. The second kappa shape index (κ2) is 4.70. The first-order valence-corrected chi connectivity index (χ1v) is 5.38.